The number of carboxylic acid groups (broad SMARTS) is 1. The van der Waals surface area contributed by atoms with Crippen LogP contribution in [0.2, 0.25) is 0 Å². The SMILES string of the molecule is O=C(O)C(F)(F)F.O=C([C@H]1COC[C@H]2CNC[C@H]21)N1CCCCO1. The summed E-state index contributed by atoms with van der Waals surface area (Å²) in [5.74, 6) is -1.71. The molecule has 0 aliphatic carbocycles. The molecule has 3 rings (SSSR count). The molecule has 3 aliphatic rings. The van der Waals surface area contributed by atoms with Gasteiger partial charge < -0.3 is 15.2 Å². The maximum atomic E-state index is 12.4. The van der Waals surface area contributed by atoms with Gasteiger partial charge in [0.1, 0.15) is 0 Å². The van der Waals surface area contributed by atoms with Crippen molar-refractivity contribution in [2.45, 2.75) is 19.0 Å². The van der Waals surface area contributed by atoms with Gasteiger partial charge in [0.25, 0.3) is 5.91 Å². The van der Waals surface area contributed by atoms with Crippen molar-refractivity contribution in [3.8, 4) is 0 Å². The lowest BCUT2D eigenvalue weighted by Gasteiger charge is -2.36. The van der Waals surface area contributed by atoms with Crippen molar-refractivity contribution in [2.75, 3.05) is 39.5 Å². The predicted octanol–water partition coefficient (Wildman–Crippen LogP) is 0.656. The summed E-state index contributed by atoms with van der Waals surface area (Å²) in [4.78, 5) is 26.7. The van der Waals surface area contributed by atoms with E-state index in [1.54, 1.807) is 5.06 Å². The Labute approximate surface area is 137 Å². The van der Waals surface area contributed by atoms with Crippen molar-refractivity contribution in [3.63, 3.8) is 0 Å². The van der Waals surface area contributed by atoms with Gasteiger partial charge in [-0.15, -0.1) is 0 Å². The van der Waals surface area contributed by atoms with E-state index in [4.69, 9.17) is 19.5 Å². The average Bonchev–Trinajstić information content (AvgIpc) is 3.03. The van der Waals surface area contributed by atoms with Gasteiger partial charge in [-0.1, -0.05) is 0 Å². The Morgan fingerprint density at radius 2 is 1.88 bits per heavy atom. The molecule has 0 aromatic rings. The Balaban J connectivity index is 0.000000256. The highest BCUT2D eigenvalue weighted by Crippen LogP contribution is 2.31. The number of nitrogens with zero attached hydrogens (tertiary/aromatic N) is 1. The molecule has 3 heterocycles. The van der Waals surface area contributed by atoms with Crippen LogP contribution in [0.3, 0.4) is 0 Å². The number of rotatable bonds is 1. The number of fused-ring (bicyclic) bond motifs is 1. The fraction of sp³-hybridized carbons (Fsp3) is 0.857. The topological polar surface area (TPSA) is 88.1 Å². The van der Waals surface area contributed by atoms with E-state index in [2.05, 4.69) is 5.32 Å². The first-order chi connectivity index (χ1) is 11.3. The van der Waals surface area contributed by atoms with Crippen LogP contribution >= 0.6 is 0 Å². The predicted molar refractivity (Wildman–Crippen MR) is 74.7 cm³/mol. The molecule has 2 N–H and O–H groups in total. The normalized spacial score (nSPS) is 30.1. The zero-order chi connectivity index (χ0) is 17.7. The molecule has 24 heavy (non-hydrogen) atoms. The maximum absolute atomic E-state index is 12.4. The minimum absolute atomic E-state index is 0.0122. The van der Waals surface area contributed by atoms with Gasteiger partial charge in [0.2, 0.25) is 0 Å². The minimum atomic E-state index is -5.08. The first-order valence-corrected chi connectivity index (χ1v) is 7.83. The molecule has 7 nitrogen and oxygen atoms in total. The van der Waals surface area contributed by atoms with Gasteiger partial charge in [0, 0.05) is 13.1 Å². The number of nitrogens with one attached hydrogen (secondary N) is 1. The van der Waals surface area contributed by atoms with Crippen LogP contribution in [0.15, 0.2) is 0 Å². The summed E-state index contributed by atoms with van der Waals surface area (Å²) >= 11 is 0. The maximum Gasteiger partial charge on any atom is 0.490 e. The highest BCUT2D eigenvalue weighted by atomic mass is 19.4. The second-order valence-corrected chi connectivity index (χ2v) is 6.01. The number of carboxylic acids is 1. The summed E-state index contributed by atoms with van der Waals surface area (Å²) in [7, 11) is 0. The first kappa shape index (κ1) is 18.9. The van der Waals surface area contributed by atoms with Gasteiger partial charge in [0.15, 0.2) is 0 Å². The number of carbonyl (C=O) groups excluding carboxylic acids is 1. The zero-order valence-electron chi connectivity index (χ0n) is 13.1. The molecule has 3 aliphatic heterocycles. The molecule has 0 radical (unpaired) electrons. The standard InChI is InChI=1S/C12H20N2O3.C2HF3O2/c15-12(14-3-1-2-4-17-14)11-8-16-7-9-5-13-6-10(9)11;3-2(4,5)1(6)7/h9-11,13H,1-8H2;(H,6,7)/t9-,10-,11+;/m1./s1. The van der Waals surface area contributed by atoms with E-state index in [0.29, 0.717) is 25.0 Å². The molecule has 0 aromatic carbocycles. The van der Waals surface area contributed by atoms with E-state index in [1.807, 2.05) is 0 Å². The Morgan fingerprint density at radius 3 is 2.46 bits per heavy atom. The van der Waals surface area contributed by atoms with Crippen molar-refractivity contribution in [2.24, 2.45) is 17.8 Å². The number of alkyl halides is 3. The van der Waals surface area contributed by atoms with Crippen LogP contribution in [0.1, 0.15) is 12.8 Å². The number of aliphatic carboxylic acids is 1. The molecule has 0 unspecified atom stereocenters. The monoisotopic (exact) mass is 354 g/mol. The van der Waals surface area contributed by atoms with E-state index >= 15 is 0 Å². The van der Waals surface area contributed by atoms with Gasteiger partial charge in [-0.05, 0) is 31.2 Å². The Hall–Kier alpha value is -1.39. The van der Waals surface area contributed by atoms with Crippen LogP contribution in [0, 0.1) is 17.8 Å². The molecular formula is C14H21F3N2O5. The largest absolute Gasteiger partial charge is 0.490 e. The van der Waals surface area contributed by atoms with Crippen molar-refractivity contribution >= 4 is 11.9 Å². The molecule has 3 fully saturated rings. The molecule has 0 aromatic heterocycles. The van der Waals surface area contributed by atoms with Crippen molar-refractivity contribution in [1.82, 2.24) is 10.4 Å². The highest BCUT2D eigenvalue weighted by molar-refractivity contribution is 5.78. The molecule has 0 bridgehead atoms. The lowest BCUT2D eigenvalue weighted by Crippen LogP contribution is -2.47. The smallest absolute Gasteiger partial charge is 0.475 e. The number of hydrogen-bond acceptors (Lipinski definition) is 5. The Morgan fingerprint density at radius 1 is 1.17 bits per heavy atom. The second-order valence-electron chi connectivity index (χ2n) is 6.01. The van der Waals surface area contributed by atoms with E-state index in [-0.39, 0.29) is 11.8 Å². The molecule has 138 valence electrons. The van der Waals surface area contributed by atoms with E-state index in [9.17, 15) is 18.0 Å². The summed E-state index contributed by atoms with van der Waals surface area (Å²) < 4.78 is 37.3. The fourth-order valence-electron chi connectivity index (χ4n) is 3.09. The number of hydroxylamine groups is 2. The van der Waals surface area contributed by atoms with E-state index < -0.39 is 12.1 Å². The van der Waals surface area contributed by atoms with Crippen LogP contribution in [0.4, 0.5) is 13.2 Å². The molecule has 10 heteroatoms. The highest BCUT2D eigenvalue weighted by Gasteiger charge is 2.43. The summed E-state index contributed by atoms with van der Waals surface area (Å²) in [5, 5.41) is 12.1. The lowest BCUT2D eigenvalue weighted by atomic mass is 9.82. The quantitative estimate of drug-likeness (QED) is 0.719. The molecule has 3 atom stereocenters. The Bertz CT molecular complexity index is 454. The van der Waals surface area contributed by atoms with Gasteiger partial charge in [-0.25, -0.2) is 9.86 Å². The van der Waals surface area contributed by atoms with E-state index in [1.165, 1.54) is 0 Å². The molecule has 0 saturated carbocycles. The van der Waals surface area contributed by atoms with Crippen molar-refractivity contribution in [3.05, 3.63) is 0 Å². The number of halogens is 3. The number of hydrogen-bond donors (Lipinski definition) is 2. The molecule has 3 saturated heterocycles. The van der Waals surface area contributed by atoms with Crippen molar-refractivity contribution in [1.29, 1.82) is 0 Å². The molecule has 1 amide bonds. The van der Waals surface area contributed by atoms with Crippen LogP contribution < -0.4 is 5.32 Å². The second kappa shape index (κ2) is 8.13. The third-order valence-corrected chi connectivity index (χ3v) is 4.35. The van der Waals surface area contributed by atoms with Crippen LogP contribution in [0.5, 0.6) is 0 Å². The van der Waals surface area contributed by atoms with Gasteiger partial charge >= 0.3 is 12.1 Å². The summed E-state index contributed by atoms with van der Waals surface area (Å²) in [5.41, 5.74) is 0. The zero-order valence-corrected chi connectivity index (χ0v) is 13.1. The number of ether oxygens (including phenoxy) is 1. The van der Waals surface area contributed by atoms with Crippen LogP contribution in [0.25, 0.3) is 0 Å². The lowest BCUT2D eigenvalue weighted by molar-refractivity contribution is -0.207. The summed E-state index contributed by atoms with van der Waals surface area (Å²) in [6.45, 7) is 4.68. The third kappa shape index (κ3) is 4.81. The van der Waals surface area contributed by atoms with Gasteiger partial charge in [-0.3, -0.25) is 9.63 Å². The number of amides is 1. The van der Waals surface area contributed by atoms with Crippen LogP contribution in [-0.4, -0.2) is 67.7 Å². The minimum Gasteiger partial charge on any atom is -0.475 e. The van der Waals surface area contributed by atoms with Crippen molar-refractivity contribution < 1.29 is 37.4 Å². The van der Waals surface area contributed by atoms with Gasteiger partial charge in [-0.2, -0.15) is 13.2 Å². The summed E-state index contributed by atoms with van der Waals surface area (Å²) in [6, 6.07) is 0. The van der Waals surface area contributed by atoms with Gasteiger partial charge in [0.05, 0.1) is 25.7 Å². The number of carbonyl (C=O) groups is 2. The van der Waals surface area contributed by atoms with E-state index in [0.717, 1.165) is 39.1 Å². The Kier molecular flexibility index (Phi) is 6.41. The molecule has 0 spiro atoms. The van der Waals surface area contributed by atoms with Crippen LogP contribution in [-0.2, 0) is 19.2 Å². The summed E-state index contributed by atoms with van der Waals surface area (Å²) in [6.07, 6.45) is -2.98. The first-order valence-electron chi connectivity index (χ1n) is 7.83. The fourth-order valence-corrected chi connectivity index (χ4v) is 3.09. The molecular weight excluding hydrogens is 333 g/mol. The average molecular weight is 354 g/mol. The third-order valence-electron chi connectivity index (χ3n) is 4.35.